The summed E-state index contributed by atoms with van der Waals surface area (Å²) in [7, 11) is 3.11. The highest BCUT2D eigenvalue weighted by molar-refractivity contribution is 7.22. The molecule has 0 fully saturated rings. The third-order valence-electron chi connectivity index (χ3n) is 5.77. The molecular formula is C29H29N7O4S. The lowest BCUT2D eigenvalue weighted by atomic mass is 10.2. The van der Waals surface area contributed by atoms with E-state index in [1.165, 1.54) is 23.7 Å². The molecule has 0 aliphatic heterocycles. The molecule has 0 saturated carbocycles. The van der Waals surface area contributed by atoms with Crippen molar-refractivity contribution in [2.24, 2.45) is 0 Å². The highest BCUT2D eigenvalue weighted by atomic mass is 32.1. The van der Waals surface area contributed by atoms with Gasteiger partial charge in [0.1, 0.15) is 34.4 Å². The smallest absolute Gasteiger partial charge is 0.269 e. The number of anilines is 2. The van der Waals surface area contributed by atoms with E-state index < -0.39 is 0 Å². The molecule has 2 amide bonds. The van der Waals surface area contributed by atoms with Gasteiger partial charge in [0.05, 0.1) is 10.2 Å². The highest BCUT2D eigenvalue weighted by Crippen LogP contribution is 2.32. The van der Waals surface area contributed by atoms with Gasteiger partial charge in [-0.05, 0) is 61.4 Å². The Morgan fingerprint density at radius 2 is 1.27 bits per heavy atom. The molecule has 5 rings (SSSR count). The topological polar surface area (TPSA) is 167 Å². The van der Waals surface area contributed by atoms with Gasteiger partial charge in [-0.3, -0.25) is 19.6 Å². The molecule has 2 aromatic carbocycles. The second kappa shape index (κ2) is 12.7. The van der Waals surface area contributed by atoms with E-state index in [1.54, 1.807) is 50.5 Å². The first-order valence-electron chi connectivity index (χ1n) is 12.4. The van der Waals surface area contributed by atoms with E-state index in [-0.39, 0.29) is 11.8 Å². The van der Waals surface area contributed by atoms with E-state index in [9.17, 15) is 9.59 Å². The molecule has 0 saturated heterocycles. The first-order chi connectivity index (χ1) is 19.7. The molecule has 12 heteroatoms. The third-order valence-corrected chi connectivity index (χ3v) is 6.60. The number of hydrogen-bond acceptors (Lipinski definition) is 10. The zero-order chi connectivity index (χ0) is 29.5. The lowest BCUT2D eigenvalue weighted by Crippen LogP contribution is -2.18. The van der Waals surface area contributed by atoms with Gasteiger partial charge in [-0.1, -0.05) is 11.3 Å². The number of nitrogens with zero attached hydrogens (tertiary/aromatic N) is 3. The van der Waals surface area contributed by atoms with Crippen molar-refractivity contribution >= 4 is 44.2 Å². The van der Waals surface area contributed by atoms with E-state index in [4.69, 9.17) is 20.9 Å². The Bertz CT molecular complexity index is 1720. The van der Waals surface area contributed by atoms with E-state index >= 15 is 0 Å². The standard InChI is InChI=1S/C15H14N4O2S.C14H15N3O2/c1-8-5-10(7-12-13(8)19-15(16)22-12)21-9-3-4-18-11(6-9)14(20)17-2;1-9-7-10(3-4-12(9)15)19-11-5-6-17-13(8-11)14(18)16-2/h3-7H,1-2H3,(H2,16,19)(H,17,20);3-8H,15H2,1-2H3,(H,16,18). The summed E-state index contributed by atoms with van der Waals surface area (Å²) in [6.07, 6.45) is 3.07. The molecule has 0 aliphatic carbocycles. The fraction of sp³-hybridized carbons (Fsp3) is 0.138. The number of thiazole rings is 1. The quantitative estimate of drug-likeness (QED) is 0.208. The minimum absolute atomic E-state index is 0.251. The summed E-state index contributed by atoms with van der Waals surface area (Å²) in [5.41, 5.74) is 15.6. The molecule has 0 radical (unpaired) electrons. The van der Waals surface area contributed by atoms with Crippen LogP contribution in [0.15, 0.2) is 67.0 Å². The zero-order valence-electron chi connectivity index (χ0n) is 22.9. The Kier molecular flexibility index (Phi) is 8.95. The van der Waals surface area contributed by atoms with Gasteiger partial charge in [0.25, 0.3) is 11.8 Å². The second-order valence-electron chi connectivity index (χ2n) is 8.77. The van der Waals surface area contributed by atoms with Crippen molar-refractivity contribution in [3.8, 4) is 23.0 Å². The first-order valence-corrected chi connectivity index (χ1v) is 13.2. The summed E-state index contributed by atoms with van der Waals surface area (Å²) in [4.78, 5) is 35.3. The number of rotatable bonds is 6. The third kappa shape index (κ3) is 7.25. The molecule has 3 heterocycles. The number of carbonyl (C=O) groups excluding carboxylic acids is 2. The summed E-state index contributed by atoms with van der Waals surface area (Å²) >= 11 is 1.41. The van der Waals surface area contributed by atoms with Gasteiger partial charge < -0.3 is 31.6 Å². The monoisotopic (exact) mass is 571 g/mol. The number of benzene rings is 2. The zero-order valence-corrected chi connectivity index (χ0v) is 23.7. The fourth-order valence-corrected chi connectivity index (χ4v) is 4.52. The molecule has 0 spiro atoms. The van der Waals surface area contributed by atoms with Gasteiger partial charge >= 0.3 is 0 Å². The Morgan fingerprint density at radius 3 is 1.83 bits per heavy atom. The van der Waals surface area contributed by atoms with E-state index in [1.807, 2.05) is 32.0 Å². The average molecular weight is 572 g/mol. The lowest BCUT2D eigenvalue weighted by molar-refractivity contribution is 0.0950. The molecule has 6 N–H and O–H groups in total. The van der Waals surface area contributed by atoms with Crippen molar-refractivity contribution < 1.29 is 19.1 Å². The van der Waals surface area contributed by atoms with Gasteiger partial charge in [0.15, 0.2) is 5.13 Å². The number of aromatic nitrogens is 3. The molecule has 0 aliphatic rings. The number of ether oxygens (including phenoxy) is 2. The Hall–Kier alpha value is -5.23. The first kappa shape index (κ1) is 28.8. The molecule has 41 heavy (non-hydrogen) atoms. The van der Waals surface area contributed by atoms with E-state index in [0.29, 0.717) is 45.2 Å². The molecule has 0 atom stereocenters. The molecule has 3 aromatic heterocycles. The number of amides is 2. The van der Waals surface area contributed by atoms with Crippen LogP contribution in [-0.2, 0) is 0 Å². The Morgan fingerprint density at radius 1 is 0.732 bits per heavy atom. The molecule has 0 unspecified atom stereocenters. The van der Waals surface area contributed by atoms with Crippen molar-refractivity contribution in [2.75, 3.05) is 25.6 Å². The van der Waals surface area contributed by atoms with Crippen molar-refractivity contribution in [1.82, 2.24) is 25.6 Å². The molecule has 11 nitrogen and oxygen atoms in total. The normalized spacial score (nSPS) is 10.3. The van der Waals surface area contributed by atoms with Crippen LogP contribution >= 0.6 is 11.3 Å². The molecule has 210 valence electrons. The molecular weight excluding hydrogens is 542 g/mol. The van der Waals surface area contributed by atoms with Gasteiger partial charge in [-0.15, -0.1) is 0 Å². The Labute approximate surface area is 240 Å². The maximum Gasteiger partial charge on any atom is 0.269 e. The second-order valence-corrected chi connectivity index (χ2v) is 9.84. The van der Waals surface area contributed by atoms with Crippen LogP contribution in [0.5, 0.6) is 23.0 Å². The van der Waals surface area contributed by atoms with Gasteiger partial charge in [-0.25, -0.2) is 4.98 Å². The van der Waals surface area contributed by atoms with Crippen LogP contribution in [0.25, 0.3) is 10.2 Å². The number of pyridine rings is 2. The number of nitrogens with one attached hydrogen (secondary N) is 2. The predicted octanol–water partition coefficient (Wildman–Crippen LogP) is 4.86. The van der Waals surface area contributed by atoms with Crippen molar-refractivity contribution in [1.29, 1.82) is 0 Å². The van der Waals surface area contributed by atoms with Crippen molar-refractivity contribution in [3.63, 3.8) is 0 Å². The number of hydrogen-bond donors (Lipinski definition) is 4. The average Bonchev–Trinajstić information content (AvgIpc) is 3.35. The predicted molar refractivity (Wildman–Crippen MR) is 160 cm³/mol. The van der Waals surface area contributed by atoms with Gasteiger partial charge in [0, 0.05) is 50.4 Å². The van der Waals surface area contributed by atoms with Gasteiger partial charge in [0.2, 0.25) is 0 Å². The SMILES string of the molecule is CNC(=O)c1cc(Oc2cc(C)c3nc(N)sc3c2)ccn1.CNC(=O)c1cc(Oc2ccc(N)c(C)c2)ccn1. The van der Waals surface area contributed by atoms with Crippen LogP contribution in [-0.4, -0.2) is 40.9 Å². The Balaban J connectivity index is 0.000000191. The van der Waals surface area contributed by atoms with Crippen molar-refractivity contribution in [2.45, 2.75) is 13.8 Å². The summed E-state index contributed by atoms with van der Waals surface area (Å²) in [6, 6.07) is 15.8. The van der Waals surface area contributed by atoms with E-state index in [2.05, 4.69) is 25.6 Å². The number of carbonyl (C=O) groups is 2. The fourth-order valence-electron chi connectivity index (χ4n) is 3.68. The summed E-state index contributed by atoms with van der Waals surface area (Å²) in [6.45, 7) is 3.86. The minimum atomic E-state index is -0.257. The summed E-state index contributed by atoms with van der Waals surface area (Å²) in [5.74, 6) is 1.93. The maximum atomic E-state index is 11.6. The van der Waals surface area contributed by atoms with Crippen molar-refractivity contribution in [3.05, 3.63) is 89.5 Å². The minimum Gasteiger partial charge on any atom is -0.457 e. The molecule has 0 bridgehead atoms. The largest absolute Gasteiger partial charge is 0.457 e. The van der Waals surface area contributed by atoms with Crippen LogP contribution in [0.1, 0.15) is 32.1 Å². The highest BCUT2D eigenvalue weighted by Gasteiger charge is 2.10. The summed E-state index contributed by atoms with van der Waals surface area (Å²) in [5, 5.41) is 5.58. The number of fused-ring (bicyclic) bond motifs is 1. The van der Waals surface area contributed by atoms with Crippen LogP contribution in [0, 0.1) is 13.8 Å². The lowest BCUT2D eigenvalue weighted by Gasteiger charge is -2.08. The number of aryl methyl sites for hydroxylation is 2. The summed E-state index contributed by atoms with van der Waals surface area (Å²) < 4.78 is 12.5. The number of nitrogen functional groups attached to an aromatic ring is 2. The van der Waals surface area contributed by atoms with E-state index in [0.717, 1.165) is 21.3 Å². The van der Waals surface area contributed by atoms with Crippen LogP contribution in [0.4, 0.5) is 10.8 Å². The van der Waals surface area contributed by atoms with Crippen LogP contribution in [0.3, 0.4) is 0 Å². The van der Waals surface area contributed by atoms with Crippen LogP contribution in [0.2, 0.25) is 0 Å². The maximum absolute atomic E-state index is 11.6. The van der Waals surface area contributed by atoms with Gasteiger partial charge in [-0.2, -0.15) is 0 Å². The molecule has 5 aromatic rings. The number of nitrogens with two attached hydrogens (primary N) is 2. The van der Waals surface area contributed by atoms with Crippen LogP contribution < -0.4 is 31.6 Å².